The van der Waals surface area contributed by atoms with E-state index in [1.165, 1.54) is 88.5 Å². The van der Waals surface area contributed by atoms with Gasteiger partial charge in [-0.15, -0.1) is 45.9 Å². The molecule has 2 aromatic heterocycles. The van der Waals surface area contributed by atoms with Gasteiger partial charge >= 0.3 is 12.3 Å². The Morgan fingerprint density at radius 2 is 1.32 bits per heavy atom. The fourth-order valence-corrected chi connectivity index (χ4v) is 12.7. The molecule has 5 aromatic rings. The summed E-state index contributed by atoms with van der Waals surface area (Å²) in [6, 6.07) is 25.7. The Kier molecular flexibility index (Phi) is 18.5. The molecule has 2 saturated heterocycles. The van der Waals surface area contributed by atoms with Gasteiger partial charge in [0.2, 0.25) is 11.8 Å². The van der Waals surface area contributed by atoms with Gasteiger partial charge in [-0.2, -0.15) is 13.2 Å². The van der Waals surface area contributed by atoms with Gasteiger partial charge in [-0.05, 0) is 96.6 Å². The lowest BCUT2D eigenvalue weighted by molar-refractivity contribution is -0.138. The molecule has 0 N–H and O–H groups in total. The van der Waals surface area contributed by atoms with E-state index >= 15 is 0 Å². The molecular weight excluding hydrogens is 1030 g/mol. The topological polar surface area (TPSA) is 114 Å². The number of piperazine rings is 2. The van der Waals surface area contributed by atoms with Gasteiger partial charge in [-0.3, -0.25) is 33.9 Å². The number of amides is 5. The number of carbonyl (C=O) groups is 5. The van der Waals surface area contributed by atoms with Crippen molar-refractivity contribution in [2.24, 2.45) is 0 Å². The Hall–Kier alpha value is -5.46. The van der Waals surface area contributed by atoms with Gasteiger partial charge in [0.05, 0.1) is 5.56 Å². The molecular formula is C55H61Cl2F3N6O6S2. The maximum Gasteiger partial charge on any atom is 0.416 e. The molecule has 74 heavy (non-hydrogen) atoms. The van der Waals surface area contributed by atoms with Crippen LogP contribution in [0.4, 0.5) is 29.3 Å². The minimum atomic E-state index is -4.75. The first-order valence-corrected chi connectivity index (χ1v) is 27.8. The smallest absolute Gasteiger partial charge is 0.416 e. The highest BCUT2D eigenvalue weighted by atomic mass is 35.5. The van der Waals surface area contributed by atoms with Crippen LogP contribution >= 0.6 is 45.9 Å². The van der Waals surface area contributed by atoms with Crippen LogP contribution in [-0.2, 0) is 43.1 Å². The Balaban J connectivity index is 1.05. The lowest BCUT2D eigenvalue weighted by atomic mass is 9.94. The van der Waals surface area contributed by atoms with E-state index in [2.05, 4.69) is 4.90 Å². The molecule has 8 rings (SSSR count). The van der Waals surface area contributed by atoms with Crippen LogP contribution in [0.25, 0.3) is 0 Å². The zero-order valence-electron chi connectivity index (χ0n) is 41.5. The van der Waals surface area contributed by atoms with E-state index in [0.717, 1.165) is 44.9 Å². The minimum absolute atomic E-state index is 0.0684. The van der Waals surface area contributed by atoms with Crippen LogP contribution < -0.4 is 9.80 Å². The fourth-order valence-electron chi connectivity index (χ4n) is 10.4. The third-order valence-corrected chi connectivity index (χ3v) is 16.9. The summed E-state index contributed by atoms with van der Waals surface area (Å²) in [4.78, 5) is 82.8. The highest BCUT2D eigenvalue weighted by Crippen LogP contribution is 2.42. The summed E-state index contributed by atoms with van der Waals surface area (Å²) >= 11 is 15.2. The monoisotopic (exact) mass is 1090 g/mol. The third kappa shape index (κ3) is 12.8. The van der Waals surface area contributed by atoms with E-state index in [1.54, 1.807) is 12.1 Å². The van der Waals surface area contributed by atoms with Gasteiger partial charge < -0.3 is 19.4 Å². The maximum atomic E-state index is 15.0. The lowest BCUT2D eigenvalue weighted by Crippen LogP contribution is -2.55. The second-order valence-electron chi connectivity index (χ2n) is 19.1. The molecule has 1 saturated carbocycles. The molecule has 2 aliphatic heterocycles. The fraction of sp³-hybridized carbons (Fsp3) is 0.436. The minimum Gasteiger partial charge on any atom is -0.445 e. The van der Waals surface area contributed by atoms with E-state index in [0.29, 0.717) is 36.1 Å². The van der Waals surface area contributed by atoms with Crippen molar-refractivity contribution < 1.29 is 41.9 Å². The van der Waals surface area contributed by atoms with Crippen LogP contribution in [0, 0.1) is 6.92 Å². The second-order valence-corrected chi connectivity index (χ2v) is 21.8. The predicted octanol–water partition coefficient (Wildman–Crippen LogP) is 11.1. The molecule has 3 atom stereocenters. The van der Waals surface area contributed by atoms with Crippen LogP contribution in [0.3, 0.4) is 0 Å². The predicted molar refractivity (Wildman–Crippen MR) is 285 cm³/mol. The maximum absolute atomic E-state index is 15.0. The van der Waals surface area contributed by atoms with Crippen molar-refractivity contribution in [2.45, 2.75) is 89.2 Å². The first-order valence-electron chi connectivity index (χ1n) is 25.1. The number of hydrogen-bond donors (Lipinski definition) is 0. The Morgan fingerprint density at radius 3 is 1.96 bits per heavy atom. The van der Waals surface area contributed by atoms with E-state index in [9.17, 15) is 37.1 Å². The van der Waals surface area contributed by atoms with Crippen LogP contribution in [0.15, 0.2) is 102 Å². The number of halogens is 5. The van der Waals surface area contributed by atoms with Crippen molar-refractivity contribution in [1.82, 2.24) is 19.6 Å². The molecule has 0 spiro atoms. The molecule has 3 aromatic carbocycles. The van der Waals surface area contributed by atoms with Gasteiger partial charge in [0.25, 0.3) is 11.8 Å². The summed E-state index contributed by atoms with van der Waals surface area (Å²) in [7, 11) is 0. The SMILES string of the molecule is Cc1c(N(C(=O)CCl)C(C(=O)N2CCN(C(=O)OCc3ccccc3)CC2)c2ccc(CC(C)c3cccc(N(C(=O)CCl)C(C(=O)N4CCN(C5CCCCC5)CC4)c4cccs4)c3)s2)cccc1C(F)(F)F. The molecule has 3 aliphatic rings. The average Bonchev–Trinajstić information content (AvgIpc) is 4.14. The second kappa shape index (κ2) is 24.9. The van der Waals surface area contributed by atoms with Crippen molar-refractivity contribution in [3.63, 3.8) is 0 Å². The summed E-state index contributed by atoms with van der Waals surface area (Å²) in [5, 5.41) is 1.89. The molecule has 3 unspecified atom stereocenters. The number of nitrogens with zero attached hydrogens (tertiary/aromatic N) is 6. The normalized spacial score (nSPS) is 17.1. The highest BCUT2D eigenvalue weighted by Gasteiger charge is 2.42. The van der Waals surface area contributed by atoms with Crippen molar-refractivity contribution in [3.8, 4) is 0 Å². The largest absolute Gasteiger partial charge is 0.445 e. The van der Waals surface area contributed by atoms with Gasteiger partial charge in [0.15, 0.2) is 0 Å². The summed E-state index contributed by atoms with van der Waals surface area (Å²) in [5.41, 5.74) is 0.883. The van der Waals surface area contributed by atoms with Crippen molar-refractivity contribution in [1.29, 1.82) is 0 Å². The molecule has 4 heterocycles. The number of anilines is 2. The highest BCUT2D eigenvalue weighted by molar-refractivity contribution is 7.12. The van der Waals surface area contributed by atoms with Crippen LogP contribution in [-0.4, -0.2) is 119 Å². The molecule has 1 aliphatic carbocycles. The molecule has 394 valence electrons. The van der Waals surface area contributed by atoms with Crippen LogP contribution in [0.1, 0.15) is 93.9 Å². The van der Waals surface area contributed by atoms with Crippen LogP contribution in [0.2, 0.25) is 0 Å². The number of rotatable bonds is 16. The first kappa shape index (κ1) is 54.8. The van der Waals surface area contributed by atoms with E-state index < -0.39 is 53.5 Å². The number of ether oxygens (including phenoxy) is 1. The summed E-state index contributed by atoms with van der Waals surface area (Å²) in [5.74, 6) is -3.04. The van der Waals surface area contributed by atoms with Crippen molar-refractivity contribution in [3.05, 3.63) is 139 Å². The molecule has 0 bridgehead atoms. The first-order chi connectivity index (χ1) is 35.7. The number of thiophene rings is 2. The summed E-state index contributed by atoms with van der Waals surface area (Å²) in [6.07, 6.45) is 1.23. The van der Waals surface area contributed by atoms with Gasteiger partial charge in [-0.25, -0.2) is 4.79 Å². The van der Waals surface area contributed by atoms with E-state index in [4.69, 9.17) is 27.9 Å². The standard InChI is InChI=1S/C55H61Cl2F3N6O6S2/c1-37(40-14-9-17-42(33-40)65(48(67)34-56)50(46-20-11-31-73-46)52(69)62-25-23-61(24-26-62)41-15-7-4-8-16-41)32-43-21-22-47(74-43)51(66(49(68)35-57)45-19-10-18-44(38(45)2)55(58,59)60)53(70)63-27-29-64(30-28-63)54(71)72-36-39-12-5-3-6-13-39/h3,5-6,9-14,17-22,31,33,37,41,50-51H,4,7-8,15-16,23-30,32,34-36H2,1-2H3. The average molecular weight is 1090 g/mol. The molecule has 3 fully saturated rings. The lowest BCUT2D eigenvalue weighted by Gasteiger charge is -2.42. The van der Waals surface area contributed by atoms with Gasteiger partial charge in [0, 0.05) is 84.4 Å². The number of alkyl halides is 5. The number of benzene rings is 3. The molecule has 12 nitrogen and oxygen atoms in total. The third-order valence-electron chi connectivity index (χ3n) is 14.4. The van der Waals surface area contributed by atoms with Gasteiger partial charge in [0.1, 0.15) is 30.5 Å². The quantitative estimate of drug-likeness (QED) is 0.0904. The zero-order chi connectivity index (χ0) is 52.5. The summed E-state index contributed by atoms with van der Waals surface area (Å²) < 4.78 is 48.7. The molecule has 19 heteroatoms. The van der Waals surface area contributed by atoms with Crippen LogP contribution in [0.5, 0.6) is 0 Å². The van der Waals surface area contributed by atoms with Crippen molar-refractivity contribution >= 4 is 87.0 Å². The van der Waals surface area contributed by atoms with Crippen molar-refractivity contribution in [2.75, 3.05) is 73.9 Å². The summed E-state index contributed by atoms with van der Waals surface area (Å²) in [6.45, 7) is 6.43. The number of hydrogen-bond acceptors (Lipinski definition) is 9. The van der Waals surface area contributed by atoms with E-state index in [-0.39, 0.29) is 61.7 Å². The Bertz CT molecular complexity index is 2730. The van der Waals surface area contributed by atoms with Gasteiger partial charge in [-0.1, -0.05) is 80.8 Å². The molecule has 0 radical (unpaired) electrons. The number of carbonyl (C=O) groups excluding carboxylic acids is 5. The van der Waals surface area contributed by atoms with E-state index in [1.807, 2.05) is 83.9 Å². The zero-order valence-corrected chi connectivity index (χ0v) is 44.6. The Labute approximate surface area is 448 Å². The Morgan fingerprint density at radius 1 is 0.703 bits per heavy atom. The molecule has 5 amide bonds.